The predicted molar refractivity (Wildman–Crippen MR) is 145 cm³/mol. The second-order valence-electron chi connectivity index (χ2n) is 10.4. The highest BCUT2D eigenvalue weighted by molar-refractivity contribution is 7.95. The van der Waals surface area contributed by atoms with Crippen LogP contribution >= 0.6 is 0 Å². The van der Waals surface area contributed by atoms with Gasteiger partial charge >= 0.3 is 0 Å². The number of carbonyl (C=O) groups excluding carboxylic acids is 1. The molecule has 1 saturated carbocycles. The number of halogens is 1. The molecule has 0 saturated heterocycles. The van der Waals surface area contributed by atoms with Gasteiger partial charge in [0, 0.05) is 31.2 Å². The topological polar surface area (TPSA) is 59.8 Å². The van der Waals surface area contributed by atoms with Gasteiger partial charge in [-0.25, -0.2) is 19.3 Å². The third-order valence-corrected chi connectivity index (χ3v) is 7.98. The lowest BCUT2D eigenvalue weighted by atomic mass is 9.99. The number of hydrogen-bond donors (Lipinski definition) is 0. The smallest absolute Gasteiger partial charge is 0.296 e. The second kappa shape index (κ2) is 11.5. The maximum Gasteiger partial charge on any atom is 0.296 e. The Bertz CT molecular complexity index is 1240. The van der Waals surface area contributed by atoms with Gasteiger partial charge < -0.3 is 14.2 Å². The summed E-state index contributed by atoms with van der Waals surface area (Å²) in [6, 6.07) is 6.61. The predicted octanol–water partition coefficient (Wildman–Crippen LogP) is 3.85. The summed E-state index contributed by atoms with van der Waals surface area (Å²) in [5, 5.41) is 2.49. The van der Waals surface area contributed by atoms with E-state index in [1.807, 2.05) is 12.1 Å². The minimum Gasteiger partial charge on any atom is -0.348 e. The monoisotopic (exact) mass is 527 g/mol. The Morgan fingerprint density at radius 1 is 1.22 bits per heavy atom. The summed E-state index contributed by atoms with van der Waals surface area (Å²) in [7, 11) is 2.48. The Morgan fingerprint density at radius 2 is 2.00 bits per heavy atom. The Labute approximate surface area is 220 Å². The summed E-state index contributed by atoms with van der Waals surface area (Å²) in [5.41, 5.74) is 4.64. The summed E-state index contributed by atoms with van der Waals surface area (Å²) < 4.78 is 21.2. The lowest BCUT2D eigenvalue weighted by Crippen LogP contribution is -2.39. The maximum absolute atomic E-state index is 13.5. The van der Waals surface area contributed by atoms with E-state index in [1.165, 1.54) is 35.6 Å². The van der Waals surface area contributed by atoms with Crippen molar-refractivity contribution in [2.45, 2.75) is 32.4 Å². The van der Waals surface area contributed by atoms with Crippen molar-refractivity contribution in [2.24, 2.45) is 5.92 Å². The molecule has 198 valence electrons. The van der Waals surface area contributed by atoms with Gasteiger partial charge in [0.25, 0.3) is 5.91 Å². The zero-order valence-electron chi connectivity index (χ0n) is 21.9. The Hall–Kier alpha value is -2.46. The van der Waals surface area contributed by atoms with Crippen molar-refractivity contribution in [3.05, 3.63) is 64.9 Å². The molecular formula is C28H36FN4O3S+. The first-order valence-electron chi connectivity index (χ1n) is 12.9. The van der Waals surface area contributed by atoms with E-state index in [-0.39, 0.29) is 18.5 Å². The number of nitrogens with zero attached hydrogens (tertiary/aromatic N) is 4. The average Bonchev–Trinajstić information content (AvgIpc) is 3.62. The van der Waals surface area contributed by atoms with Crippen LogP contribution in [-0.2, 0) is 40.0 Å². The molecule has 7 nitrogen and oxygen atoms in total. The summed E-state index contributed by atoms with van der Waals surface area (Å²) in [6.07, 6.45) is 11.6. The molecule has 0 atom stereocenters. The van der Waals surface area contributed by atoms with Crippen LogP contribution in [0.5, 0.6) is 0 Å². The number of amides is 1. The third-order valence-electron chi connectivity index (χ3n) is 7.00. The Kier molecular flexibility index (Phi) is 8.14. The molecule has 1 aliphatic heterocycles. The number of ether oxygens (including phenoxy) is 1. The number of rotatable bonds is 12. The zero-order valence-corrected chi connectivity index (χ0v) is 22.7. The van der Waals surface area contributed by atoms with Crippen LogP contribution in [0, 0.1) is 11.7 Å². The molecule has 1 fully saturated rings. The van der Waals surface area contributed by atoms with E-state index >= 15 is 0 Å². The number of hydroxylamine groups is 2. The minimum absolute atomic E-state index is 0.0613. The SMILES string of the molecule is CN(Cc1cn(Cc2ccc(F)cc2)c2cnc3c(c12)CCN(OCOCC[S+](C)C)C3=O)CC1CC1. The lowest BCUT2D eigenvalue weighted by Gasteiger charge is -2.27. The highest BCUT2D eigenvalue weighted by Gasteiger charge is 2.31. The highest BCUT2D eigenvalue weighted by Crippen LogP contribution is 2.33. The van der Waals surface area contributed by atoms with Gasteiger partial charge in [-0.15, -0.1) is 0 Å². The molecule has 1 amide bonds. The zero-order chi connectivity index (χ0) is 25.9. The van der Waals surface area contributed by atoms with Crippen LogP contribution in [0.15, 0.2) is 36.7 Å². The van der Waals surface area contributed by atoms with E-state index < -0.39 is 0 Å². The molecule has 2 aromatic heterocycles. The molecule has 1 aliphatic carbocycles. The van der Waals surface area contributed by atoms with Crippen molar-refractivity contribution in [1.29, 1.82) is 0 Å². The third kappa shape index (κ3) is 6.34. The van der Waals surface area contributed by atoms with Crippen molar-refractivity contribution < 1.29 is 18.8 Å². The second-order valence-corrected chi connectivity index (χ2v) is 12.8. The van der Waals surface area contributed by atoms with Gasteiger partial charge in [-0.1, -0.05) is 12.1 Å². The van der Waals surface area contributed by atoms with E-state index in [0.29, 0.717) is 42.7 Å². The first kappa shape index (κ1) is 26.2. The number of pyridine rings is 1. The molecule has 0 spiro atoms. The van der Waals surface area contributed by atoms with Crippen LogP contribution in [0.4, 0.5) is 4.39 Å². The maximum atomic E-state index is 13.5. The molecule has 0 N–H and O–H groups in total. The number of aromatic nitrogens is 2. The normalized spacial score (nSPS) is 15.8. The van der Waals surface area contributed by atoms with Crippen molar-refractivity contribution in [3.63, 3.8) is 0 Å². The largest absolute Gasteiger partial charge is 0.348 e. The van der Waals surface area contributed by atoms with E-state index in [1.54, 1.807) is 6.20 Å². The van der Waals surface area contributed by atoms with Gasteiger partial charge in [0.05, 0.1) is 37.4 Å². The van der Waals surface area contributed by atoms with E-state index in [4.69, 9.17) is 9.57 Å². The van der Waals surface area contributed by atoms with Gasteiger partial charge in [-0.05, 0) is 71.9 Å². The molecule has 3 aromatic rings. The van der Waals surface area contributed by atoms with Crippen LogP contribution < -0.4 is 0 Å². The van der Waals surface area contributed by atoms with E-state index in [9.17, 15) is 9.18 Å². The molecule has 0 bridgehead atoms. The first-order chi connectivity index (χ1) is 17.9. The van der Waals surface area contributed by atoms with Crippen molar-refractivity contribution in [3.8, 4) is 0 Å². The standard InChI is InChI=1S/C28H36FN4O3S/c1-31(15-20-4-5-20)17-22-18-32(16-21-6-8-23(29)9-7-21)25-14-30-27-24(26(22)25)10-11-33(28(27)34)36-19-35-12-13-37(2)3/h6-9,14,18,20H,4-5,10-13,15-17,19H2,1-3H3/q+1. The van der Waals surface area contributed by atoms with Crippen LogP contribution in [-0.4, -0.2) is 77.2 Å². The number of hydrogen-bond acceptors (Lipinski definition) is 5. The van der Waals surface area contributed by atoms with Crippen molar-refractivity contribution in [1.82, 2.24) is 19.5 Å². The van der Waals surface area contributed by atoms with Crippen LogP contribution in [0.1, 0.15) is 40.0 Å². The molecule has 9 heteroatoms. The Balaban J connectivity index is 1.40. The Morgan fingerprint density at radius 3 is 2.73 bits per heavy atom. The van der Waals surface area contributed by atoms with E-state index in [2.05, 4.69) is 40.2 Å². The molecule has 0 radical (unpaired) electrons. The van der Waals surface area contributed by atoms with E-state index in [0.717, 1.165) is 46.8 Å². The van der Waals surface area contributed by atoms with Crippen LogP contribution in [0.2, 0.25) is 0 Å². The van der Waals surface area contributed by atoms with Crippen LogP contribution in [0.25, 0.3) is 10.9 Å². The number of benzene rings is 1. The molecule has 37 heavy (non-hydrogen) atoms. The number of fused-ring (bicyclic) bond motifs is 3. The summed E-state index contributed by atoms with van der Waals surface area (Å²) in [6.45, 7) is 3.64. The van der Waals surface area contributed by atoms with Gasteiger partial charge in [0.2, 0.25) is 0 Å². The molecular weight excluding hydrogens is 491 g/mol. The van der Waals surface area contributed by atoms with Gasteiger partial charge in [0.1, 0.15) is 17.3 Å². The van der Waals surface area contributed by atoms with Gasteiger partial charge in [-0.2, -0.15) is 0 Å². The highest BCUT2D eigenvalue weighted by atomic mass is 32.2. The molecule has 3 heterocycles. The summed E-state index contributed by atoms with van der Waals surface area (Å²) in [5.74, 6) is 1.31. The fourth-order valence-electron chi connectivity index (χ4n) is 4.94. The number of carbonyl (C=O) groups is 1. The fraction of sp³-hybridized carbons (Fsp3) is 0.500. The first-order valence-corrected chi connectivity index (χ1v) is 15.1. The molecule has 2 aliphatic rings. The molecule has 1 aromatic carbocycles. The molecule has 5 rings (SSSR count). The van der Waals surface area contributed by atoms with Crippen molar-refractivity contribution >= 4 is 27.7 Å². The quantitative estimate of drug-likeness (QED) is 0.204. The minimum atomic E-state index is -0.241. The fourth-order valence-corrected chi connectivity index (χ4v) is 5.39. The summed E-state index contributed by atoms with van der Waals surface area (Å²) >= 11 is 0. The molecule has 0 unspecified atom stereocenters. The lowest BCUT2D eigenvalue weighted by molar-refractivity contribution is -0.195. The van der Waals surface area contributed by atoms with Crippen LogP contribution in [0.3, 0.4) is 0 Å². The summed E-state index contributed by atoms with van der Waals surface area (Å²) in [4.78, 5) is 25.9. The average molecular weight is 528 g/mol. The van der Waals surface area contributed by atoms with Gasteiger partial charge in [0.15, 0.2) is 6.79 Å². The van der Waals surface area contributed by atoms with Crippen molar-refractivity contribution in [2.75, 3.05) is 51.8 Å². The van der Waals surface area contributed by atoms with Gasteiger partial charge in [-0.3, -0.25) is 4.79 Å².